The van der Waals surface area contributed by atoms with Crippen molar-refractivity contribution in [1.29, 1.82) is 0 Å². The molecule has 9 heteroatoms. The summed E-state index contributed by atoms with van der Waals surface area (Å²) in [5, 5.41) is 10.1. The Bertz CT molecular complexity index is 892. The van der Waals surface area contributed by atoms with E-state index in [1.165, 1.54) is 18.2 Å². The Hall–Kier alpha value is -2.42. The molecular weight excluding hydrogens is 383 g/mol. The first-order valence-electron chi connectivity index (χ1n) is 9.28. The van der Waals surface area contributed by atoms with Gasteiger partial charge in [-0.25, -0.2) is 12.8 Å². The van der Waals surface area contributed by atoms with E-state index >= 15 is 0 Å². The third-order valence-corrected chi connectivity index (χ3v) is 6.21. The molecule has 0 amide bonds. The van der Waals surface area contributed by atoms with Crippen LogP contribution in [0.1, 0.15) is 44.1 Å². The number of aromatic nitrogens is 1. The van der Waals surface area contributed by atoms with Gasteiger partial charge in [0, 0.05) is 25.6 Å². The predicted molar refractivity (Wildman–Crippen MR) is 106 cm³/mol. The van der Waals surface area contributed by atoms with Crippen molar-refractivity contribution < 1.29 is 17.3 Å². The van der Waals surface area contributed by atoms with E-state index in [-0.39, 0.29) is 17.2 Å². The van der Waals surface area contributed by atoms with Crippen LogP contribution >= 0.6 is 0 Å². The van der Waals surface area contributed by atoms with Gasteiger partial charge < -0.3 is 15.2 Å². The van der Waals surface area contributed by atoms with Gasteiger partial charge in [-0.2, -0.15) is 0 Å². The summed E-state index contributed by atoms with van der Waals surface area (Å²) < 4.78 is 43.6. The molecule has 0 aliphatic carbocycles. The Morgan fingerprint density at radius 2 is 1.96 bits per heavy atom. The van der Waals surface area contributed by atoms with Crippen LogP contribution in [0.4, 0.5) is 4.39 Å². The van der Waals surface area contributed by atoms with Crippen LogP contribution in [-0.4, -0.2) is 38.9 Å². The van der Waals surface area contributed by atoms with Gasteiger partial charge in [0.25, 0.3) is 0 Å². The Morgan fingerprint density at radius 1 is 1.25 bits per heavy atom. The lowest BCUT2D eigenvalue weighted by molar-refractivity contribution is 0.368. The summed E-state index contributed by atoms with van der Waals surface area (Å²) in [6.45, 7) is 4.68. The topological polar surface area (TPSA) is 96.6 Å². The van der Waals surface area contributed by atoms with Crippen LogP contribution in [0.2, 0.25) is 0 Å². The minimum Gasteiger partial charge on any atom is -0.359 e. The van der Waals surface area contributed by atoms with Crippen LogP contribution in [0.3, 0.4) is 0 Å². The number of sulfone groups is 1. The maximum Gasteiger partial charge on any atom is 0.191 e. The molecule has 2 aromatic rings. The summed E-state index contributed by atoms with van der Waals surface area (Å²) in [5.41, 5.74) is 0.931. The van der Waals surface area contributed by atoms with Crippen molar-refractivity contribution in [1.82, 2.24) is 15.8 Å². The van der Waals surface area contributed by atoms with Gasteiger partial charge in [0.15, 0.2) is 21.6 Å². The monoisotopic (exact) mass is 410 g/mol. The summed E-state index contributed by atoms with van der Waals surface area (Å²) in [6.07, 6.45) is 1.99. The highest BCUT2D eigenvalue weighted by Gasteiger charge is 2.18. The highest BCUT2D eigenvalue weighted by atomic mass is 32.2. The van der Waals surface area contributed by atoms with Gasteiger partial charge in [0.1, 0.15) is 10.7 Å². The van der Waals surface area contributed by atoms with Gasteiger partial charge in [0.05, 0.1) is 18.0 Å². The lowest BCUT2D eigenvalue weighted by atomic mass is 9.99. The van der Waals surface area contributed by atoms with Crippen molar-refractivity contribution in [2.75, 3.05) is 19.3 Å². The Labute approximate surface area is 165 Å². The van der Waals surface area contributed by atoms with Gasteiger partial charge in [-0.05, 0) is 25.0 Å². The summed E-state index contributed by atoms with van der Waals surface area (Å²) >= 11 is 0. The van der Waals surface area contributed by atoms with E-state index in [1.807, 2.05) is 6.07 Å². The zero-order valence-electron chi connectivity index (χ0n) is 16.4. The second-order valence-electron chi connectivity index (χ2n) is 6.33. The zero-order chi connectivity index (χ0) is 20.6. The summed E-state index contributed by atoms with van der Waals surface area (Å²) in [5.74, 6) is 0.464. The molecular formula is C19H27FN4O3S. The van der Waals surface area contributed by atoms with Crippen molar-refractivity contribution in [2.45, 2.75) is 44.0 Å². The first-order chi connectivity index (χ1) is 13.4. The molecule has 0 aliphatic heterocycles. The number of rotatable bonds is 9. The minimum absolute atomic E-state index is 0.0890. The average Bonchev–Trinajstić information content (AvgIpc) is 3.14. The van der Waals surface area contributed by atoms with Crippen molar-refractivity contribution in [3.63, 3.8) is 0 Å². The van der Waals surface area contributed by atoms with Gasteiger partial charge in [-0.15, -0.1) is 0 Å². The molecule has 1 aromatic carbocycles. The fraction of sp³-hybridized carbons (Fsp3) is 0.474. The number of halogens is 1. The van der Waals surface area contributed by atoms with Crippen LogP contribution in [0, 0.1) is 5.82 Å². The Morgan fingerprint density at radius 3 is 2.61 bits per heavy atom. The molecule has 0 bridgehead atoms. The molecule has 0 aliphatic rings. The van der Waals surface area contributed by atoms with Gasteiger partial charge >= 0.3 is 0 Å². The molecule has 2 N–H and O–H groups in total. The first kappa shape index (κ1) is 21.9. The first-order valence-corrected chi connectivity index (χ1v) is 10.9. The van der Waals surface area contributed by atoms with E-state index in [0.29, 0.717) is 24.2 Å². The fourth-order valence-electron chi connectivity index (χ4n) is 2.81. The van der Waals surface area contributed by atoms with E-state index in [1.54, 1.807) is 7.05 Å². The summed E-state index contributed by atoms with van der Waals surface area (Å²) in [4.78, 5) is 3.75. The van der Waals surface area contributed by atoms with Crippen molar-refractivity contribution >= 4 is 15.8 Å². The Kier molecular flexibility index (Phi) is 7.98. The highest BCUT2D eigenvalue weighted by Crippen LogP contribution is 2.22. The molecule has 0 radical (unpaired) electrons. The number of nitrogens with one attached hydrogen (secondary N) is 2. The number of guanidine groups is 1. The van der Waals surface area contributed by atoms with Crippen molar-refractivity contribution in [3.8, 4) is 0 Å². The molecule has 0 spiro atoms. The smallest absolute Gasteiger partial charge is 0.191 e. The number of aliphatic imine (C=N–C) groups is 1. The van der Waals surface area contributed by atoms with Crippen LogP contribution in [-0.2, 0) is 16.4 Å². The maximum atomic E-state index is 13.7. The molecule has 1 aromatic heterocycles. The zero-order valence-corrected chi connectivity index (χ0v) is 17.2. The standard InChI is InChI=1S/C19H27FN4O3S/c1-4-14(5-2)17-12-15(27-24-17)13-23-19(21-3)22-10-11-28(25,26)18-9-7-6-8-16(18)20/h6-9,12,14H,4-5,10-11,13H2,1-3H3,(H2,21,22,23). The van der Waals surface area contributed by atoms with Crippen LogP contribution < -0.4 is 10.6 Å². The van der Waals surface area contributed by atoms with Gasteiger partial charge in [-0.3, -0.25) is 4.99 Å². The molecule has 0 saturated carbocycles. The molecule has 0 atom stereocenters. The molecule has 1 heterocycles. The third-order valence-electron chi connectivity index (χ3n) is 4.47. The second kappa shape index (κ2) is 10.2. The molecule has 0 unspecified atom stereocenters. The highest BCUT2D eigenvalue weighted by molar-refractivity contribution is 7.91. The molecule has 28 heavy (non-hydrogen) atoms. The van der Waals surface area contributed by atoms with Crippen molar-refractivity contribution in [3.05, 3.63) is 47.6 Å². The SMILES string of the molecule is CCC(CC)c1cc(CNC(=NC)NCCS(=O)(=O)c2ccccc2F)on1. The van der Waals surface area contributed by atoms with Gasteiger partial charge in [-0.1, -0.05) is 31.1 Å². The molecule has 154 valence electrons. The quantitative estimate of drug-likeness (QED) is 0.487. The number of benzene rings is 1. The predicted octanol–water partition coefficient (Wildman–Crippen LogP) is 2.86. The summed E-state index contributed by atoms with van der Waals surface area (Å²) in [7, 11) is -2.14. The largest absolute Gasteiger partial charge is 0.359 e. The third kappa shape index (κ3) is 5.79. The Balaban J connectivity index is 1.86. The van der Waals surface area contributed by atoms with Crippen molar-refractivity contribution in [2.24, 2.45) is 4.99 Å². The van der Waals surface area contributed by atoms with Crippen LogP contribution in [0.25, 0.3) is 0 Å². The number of hydrogen-bond donors (Lipinski definition) is 2. The van der Waals surface area contributed by atoms with E-state index in [4.69, 9.17) is 4.52 Å². The second-order valence-corrected chi connectivity index (χ2v) is 8.41. The number of nitrogens with zero attached hydrogens (tertiary/aromatic N) is 2. The van der Waals surface area contributed by atoms with Crippen LogP contribution in [0.5, 0.6) is 0 Å². The summed E-state index contributed by atoms with van der Waals surface area (Å²) in [6, 6.07) is 7.27. The van der Waals surface area contributed by atoms with E-state index in [9.17, 15) is 12.8 Å². The van der Waals surface area contributed by atoms with E-state index in [0.717, 1.165) is 24.6 Å². The average molecular weight is 411 g/mol. The van der Waals surface area contributed by atoms with E-state index < -0.39 is 15.7 Å². The maximum absolute atomic E-state index is 13.7. The molecule has 0 saturated heterocycles. The van der Waals surface area contributed by atoms with Crippen LogP contribution in [0.15, 0.2) is 44.7 Å². The molecule has 0 fully saturated rings. The molecule has 2 rings (SSSR count). The van der Waals surface area contributed by atoms with E-state index in [2.05, 4.69) is 34.6 Å². The lowest BCUT2D eigenvalue weighted by Crippen LogP contribution is -2.39. The minimum atomic E-state index is -3.72. The lowest BCUT2D eigenvalue weighted by Gasteiger charge is -2.11. The van der Waals surface area contributed by atoms with Gasteiger partial charge in [0.2, 0.25) is 0 Å². The fourth-order valence-corrected chi connectivity index (χ4v) is 4.06. The molecule has 7 nitrogen and oxygen atoms in total. The normalized spacial score (nSPS) is 12.4. The number of hydrogen-bond acceptors (Lipinski definition) is 5.